The first-order valence-electron chi connectivity index (χ1n) is 3.94. The average Bonchev–Trinajstić information content (AvgIpc) is 2.01. The van der Waals surface area contributed by atoms with Crippen LogP contribution in [0.2, 0.25) is 0 Å². The zero-order chi connectivity index (χ0) is 10.2. The van der Waals surface area contributed by atoms with Crippen LogP contribution < -0.4 is 0 Å². The van der Waals surface area contributed by atoms with E-state index in [-0.39, 0.29) is 11.5 Å². The lowest BCUT2D eigenvalue weighted by atomic mass is 10.00. The van der Waals surface area contributed by atoms with E-state index in [0.717, 1.165) is 11.1 Å². The number of hydrogen-bond donors (Lipinski definition) is 1. The zero-order valence-corrected chi connectivity index (χ0v) is 9.40. The summed E-state index contributed by atoms with van der Waals surface area (Å²) in [5.41, 5.74) is 2.25. The van der Waals surface area contributed by atoms with Crippen LogP contribution in [-0.2, 0) is 0 Å². The van der Waals surface area contributed by atoms with E-state index in [4.69, 9.17) is 0 Å². The third-order valence-corrected chi connectivity index (χ3v) is 2.73. The molecule has 3 heteroatoms. The summed E-state index contributed by atoms with van der Waals surface area (Å²) >= 11 is 3.20. The molecule has 0 atom stereocenters. The maximum Gasteiger partial charge on any atom is 0.163 e. The van der Waals surface area contributed by atoms with Crippen LogP contribution in [-0.4, -0.2) is 10.9 Å². The molecule has 13 heavy (non-hydrogen) atoms. The predicted molar refractivity (Wildman–Crippen MR) is 55.3 cm³/mol. The number of Topliss-reactive ketones (excluding diaryl/α,β-unsaturated/α-hetero) is 1. The van der Waals surface area contributed by atoms with Crippen molar-refractivity contribution in [3.63, 3.8) is 0 Å². The summed E-state index contributed by atoms with van der Waals surface area (Å²) in [6.07, 6.45) is 0. The molecule has 0 bridgehead atoms. The molecule has 1 aromatic rings. The highest BCUT2D eigenvalue weighted by Gasteiger charge is 2.14. The summed E-state index contributed by atoms with van der Waals surface area (Å²) in [6, 6.07) is 1.80. The van der Waals surface area contributed by atoms with Gasteiger partial charge in [-0.05, 0) is 53.9 Å². The van der Waals surface area contributed by atoms with Crippen molar-refractivity contribution >= 4 is 21.7 Å². The lowest BCUT2D eigenvalue weighted by Gasteiger charge is -2.09. The average molecular weight is 243 g/mol. The second-order valence-electron chi connectivity index (χ2n) is 3.08. The molecular formula is C10H11BrO2. The number of carbonyl (C=O) groups is 1. The SMILES string of the molecule is CC(=O)c1c(C)c(C)cc(Br)c1O. The highest BCUT2D eigenvalue weighted by molar-refractivity contribution is 9.10. The molecule has 0 saturated carbocycles. The lowest BCUT2D eigenvalue weighted by Crippen LogP contribution is -1.99. The van der Waals surface area contributed by atoms with Gasteiger partial charge in [0, 0.05) is 0 Å². The third kappa shape index (κ3) is 1.75. The summed E-state index contributed by atoms with van der Waals surface area (Å²) in [7, 11) is 0. The van der Waals surface area contributed by atoms with Gasteiger partial charge >= 0.3 is 0 Å². The fraction of sp³-hybridized carbons (Fsp3) is 0.300. The molecule has 0 aliphatic heterocycles. The Hall–Kier alpha value is -0.830. The molecule has 1 aromatic carbocycles. The van der Waals surface area contributed by atoms with Gasteiger partial charge in [0.2, 0.25) is 0 Å². The van der Waals surface area contributed by atoms with Crippen molar-refractivity contribution in [2.45, 2.75) is 20.8 Å². The second-order valence-corrected chi connectivity index (χ2v) is 3.93. The summed E-state index contributed by atoms with van der Waals surface area (Å²) in [5, 5.41) is 9.61. The normalized spacial score (nSPS) is 10.2. The van der Waals surface area contributed by atoms with Crippen LogP contribution in [0.25, 0.3) is 0 Å². The predicted octanol–water partition coefficient (Wildman–Crippen LogP) is 2.97. The van der Waals surface area contributed by atoms with Crippen molar-refractivity contribution in [1.82, 2.24) is 0 Å². The first kappa shape index (κ1) is 10.3. The van der Waals surface area contributed by atoms with Gasteiger partial charge in [-0.15, -0.1) is 0 Å². The van der Waals surface area contributed by atoms with Gasteiger partial charge in [0.25, 0.3) is 0 Å². The summed E-state index contributed by atoms with van der Waals surface area (Å²) < 4.78 is 0.570. The minimum atomic E-state index is -0.112. The van der Waals surface area contributed by atoms with Crippen LogP contribution in [0.1, 0.15) is 28.4 Å². The van der Waals surface area contributed by atoms with Crippen LogP contribution >= 0.6 is 15.9 Å². The molecule has 2 nitrogen and oxygen atoms in total. The molecule has 0 aliphatic carbocycles. The van der Waals surface area contributed by atoms with Crippen molar-refractivity contribution in [1.29, 1.82) is 0 Å². The molecule has 0 aliphatic rings. The fourth-order valence-corrected chi connectivity index (χ4v) is 1.83. The number of carbonyl (C=O) groups excluding carboxylic acids is 1. The third-order valence-electron chi connectivity index (χ3n) is 2.12. The van der Waals surface area contributed by atoms with Gasteiger partial charge in [-0.2, -0.15) is 0 Å². The summed E-state index contributed by atoms with van der Waals surface area (Å²) in [6.45, 7) is 5.19. The number of aryl methyl sites for hydroxylation is 1. The Kier molecular flexibility index (Phi) is 2.76. The van der Waals surface area contributed by atoms with E-state index in [1.807, 2.05) is 13.8 Å². The minimum Gasteiger partial charge on any atom is -0.506 e. The molecule has 0 heterocycles. The van der Waals surface area contributed by atoms with Crippen LogP contribution in [0.3, 0.4) is 0 Å². The van der Waals surface area contributed by atoms with Crippen molar-refractivity contribution in [2.75, 3.05) is 0 Å². The number of benzene rings is 1. The Morgan fingerprint density at radius 2 is 2.00 bits per heavy atom. The van der Waals surface area contributed by atoms with E-state index in [9.17, 15) is 9.90 Å². The maximum atomic E-state index is 11.2. The summed E-state index contributed by atoms with van der Waals surface area (Å²) in [4.78, 5) is 11.2. The van der Waals surface area contributed by atoms with E-state index in [1.54, 1.807) is 6.07 Å². The van der Waals surface area contributed by atoms with Gasteiger partial charge in [-0.25, -0.2) is 0 Å². The van der Waals surface area contributed by atoms with Crippen LogP contribution in [0.4, 0.5) is 0 Å². The Morgan fingerprint density at radius 1 is 1.46 bits per heavy atom. The molecule has 1 N–H and O–H groups in total. The quantitative estimate of drug-likeness (QED) is 0.770. The molecule has 0 spiro atoms. The largest absolute Gasteiger partial charge is 0.506 e. The second kappa shape index (κ2) is 3.50. The zero-order valence-electron chi connectivity index (χ0n) is 7.81. The Labute approximate surface area is 85.7 Å². The maximum absolute atomic E-state index is 11.2. The molecule has 0 aromatic heterocycles. The van der Waals surface area contributed by atoms with E-state index >= 15 is 0 Å². The van der Waals surface area contributed by atoms with Crippen molar-refractivity contribution < 1.29 is 9.90 Å². The van der Waals surface area contributed by atoms with Crippen molar-refractivity contribution in [2.24, 2.45) is 0 Å². The van der Waals surface area contributed by atoms with Gasteiger partial charge in [0.1, 0.15) is 5.75 Å². The van der Waals surface area contributed by atoms with Gasteiger partial charge in [-0.1, -0.05) is 0 Å². The van der Waals surface area contributed by atoms with Gasteiger partial charge in [-0.3, -0.25) is 4.79 Å². The smallest absolute Gasteiger partial charge is 0.163 e. The molecule has 70 valence electrons. The molecule has 0 radical (unpaired) electrons. The molecule has 0 amide bonds. The minimum absolute atomic E-state index is 0.0376. The highest BCUT2D eigenvalue weighted by atomic mass is 79.9. The first-order chi connectivity index (χ1) is 5.95. The van der Waals surface area contributed by atoms with Gasteiger partial charge in [0.05, 0.1) is 10.0 Å². The van der Waals surface area contributed by atoms with E-state index in [1.165, 1.54) is 6.92 Å². The van der Waals surface area contributed by atoms with Crippen LogP contribution in [0, 0.1) is 13.8 Å². The molecule has 0 saturated heterocycles. The van der Waals surface area contributed by atoms with Gasteiger partial charge in [0.15, 0.2) is 5.78 Å². The van der Waals surface area contributed by atoms with Crippen LogP contribution in [0.15, 0.2) is 10.5 Å². The van der Waals surface area contributed by atoms with Crippen LogP contribution in [0.5, 0.6) is 5.75 Å². The molecule has 1 rings (SSSR count). The van der Waals surface area contributed by atoms with E-state index in [2.05, 4.69) is 15.9 Å². The Balaban J connectivity index is 3.56. The molecule has 0 unspecified atom stereocenters. The summed E-state index contributed by atoms with van der Waals surface area (Å²) in [5.74, 6) is -0.0741. The highest BCUT2D eigenvalue weighted by Crippen LogP contribution is 2.32. The standard InChI is InChI=1S/C10H11BrO2/c1-5-4-8(11)10(13)9(6(5)2)7(3)12/h4,13H,1-3H3. The van der Waals surface area contributed by atoms with Crippen molar-refractivity contribution in [3.8, 4) is 5.75 Å². The topological polar surface area (TPSA) is 37.3 Å². The van der Waals surface area contributed by atoms with E-state index in [0.29, 0.717) is 10.0 Å². The molecule has 0 fully saturated rings. The fourth-order valence-electron chi connectivity index (χ4n) is 1.29. The number of phenolic OH excluding ortho intramolecular Hbond substituents is 1. The van der Waals surface area contributed by atoms with Gasteiger partial charge < -0.3 is 5.11 Å². The monoisotopic (exact) mass is 242 g/mol. The number of halogens is 1. The Morgan fingerprint density at radius 3 is 2.46 bits per heavy atom. The number of rotatable bonds is 1. The molecular weight excluding hydrogens is 232 g/mol. The van der Waals surface area contributed by atoms with Crippen molar-refractivity contribution in [3.05, 3.63) is 27.2 Å². The number of ketones is 1. The Bertz CT molecular complexity index is 343. The number of phenols is 1. The number of hydrogen-bond acceptors (Lipinski definition) is 2. The number of aromatic hydroxyl groups is 1. The van der Waals surface area contributed by atoms with E-state index < -0.39 is 0 Å². The lowest BCUT2D eigenvalue weighted by molar-refractivity contribution is 0.101. The first-order valence-corrected chi connectivity index (χ1v) is 4.74.